The molecule has 0 saturated carbocycles. The van der Waals surface area contributed by atoms with E-state index in [9.17, 15) is 4.79 Å². The van der Waals surface area contributed by atoms with Crippen molar-refractivity contribution in [2.75, 3.05) is 0 Å². The molecule has 1 aromatic rings. The number of hydrogen-bond acceptors (Lipinski definition) is 2. The van der Waals surface area contributed by atoms with Crippen molar-refractivity contribution in [2.24, 2.45) is 0 Å². The summed E-state index contributed by atoms with van der Waals surface area (Å²) in [6.45, 7) is 0. The summed E-state index contributed by atoms with van der Waals surface area (Å²) in [4.78, 5) is 10.9. The first kappa shape index (κ1) is 9.34. The van der Waals surface area contributed by atoms with Crippen molar-refractivity contribution in [3.8, 4) is 12.5 Å². The third-order valence-electron chi connectivity index (χ3n) is 1.63. The Morgan fingerprint density at radius 3 is 2.69 bits per heavy atom. The Labute approximate surface area is 77.5 Å². The van der Waals surface area contributed by atoms with Crippen LogP contribution in [-0.4, -0.2) is 5.97 Å². The molecule has 0 saturated heterocycles. The van der Waals surface area contributed by atoms with Gasteiger partial charge in [-0.3, -0.25) is 4.79 Å². The third-order valence-corrected chi connectivity index (χ3v) is 1.63. The fraction of sp³-hybridized carbons (Fsp3) is 0.182. The van der Waals surface area contributed by atoms with Crippen LogP contribution in [0.3, 0.4) is 0 Å². The normalized spacial score (nSPS) is 8.85. The minimum absolute atomic E-state index is 0.328. The van der Waals surface area contributed by atoms with Crippen molar-refractivity contribution in [2.45, 2.75) is 12.8 Å². The maximum atomic E-state index is 10.9. The molecule has 13 heavy (non-hydrogen) atoms. The second-order valence-electron chi connectivity index (χ2n) is 2.58. The molecule has 2 heteroatoms. The molecule has 0 N–H and O–H groups in total. The topological polar surface area (TPSA) is 26.3 Å². The average molecular weight is 174 g/mol. The molecule has 0 radical (unpaired) electrons. The molecule has 0 aromatic heterocycles. The molecular formula is C11H10O2. The van der Waals surface area contributed by atoms with E-state index >= 15 is 0 Å². The van der Waals surface area contributed by atoms with Gasteiger partial charge in [0.05, 0.1) is 6.42 Å². The number of ether oxygens (including phenoxy) is 1. The van der Waals surface area contributed by atoms with Gasteiger partial charge >= 0.3 is 5.97 Å². The van der Waals surface area contributed by atoms with Crippen LogP contribution >= 0.6 is 0 Å². The predicted octanol–water partition coefficient (Wildman–Crippen LogP) is 1.75. The van der Waals surface area contributed by atoms with Gasteiger partial charge in [-0.25, -0.2) is 0 Å². The average Bonchev–Trinajstić information content (AvgIpc) is 2.17. The van der Waals surface area contributed by atoms with E-state index in [1.54, 1.807) is 0 Å². The van der Waals surface area contributed by atoms with Crippen molar-refractivity contribution >= 4 is 5.97 Å². The smallest absolute Gasteiger partial charge is 0.320 e. The molecule has 66 valence electrons. The Kier molecular flexibility index (Phi) is 3.59. The van der Waals surface area contributed by atoms with Gasteiger partial charge in [-0.2, -0.15) is 0 Å². The highest BCUT2D eigenvalue weighted by atomic mass is 16.5. The van der Waals surface area contributed by atoms with Crippen LogP contribution in [-0.2, 0) is 16.0 Å². The van der Waals surface area contributed by atoms with E-state index < -0.39 is 0 Å². The molecule has 0 atom stereocenters. The van der Waals surface area contributed by atoms with Crippen LogP contribution in [0.15, 0.2) is 30.3 Å². The lowest BCUT2D eigenvalue weighted by atomic mass is 10.1. The van der Waals surface area contributed by atoms with Crippen molar-refractivity contribution in [1.82, 2.24) is 0 Å². The van der Waals surface area contributed by atoms with Gasteiger partial charge < -0.3 is 4.74 Å². The summed E-state index contributed by atoms with van der Waals surface area (Å²) in [5.74, 6) is -0.355. The second kappa shape index (κ2) is 5.00. The minimum atomic E-state index is -0.355. The van der Waals surface area contributed by atoms with E-state index in [0.717, 1.165) is 5.56 Å². The van der Waals surface area contributed by atoms with Gasteiger partial charge in [0.15, 0.2) is 0 Å². The zero-order chi connectivity index (χ0) is 9.52. The van der Waals surface area contributed by atoms with Crippen LogP contribution in [0.2, 0.25) is 0 Å². The molecule has 0 unspecified atom stereocenters. The number of esters is 1. The molecule has 2 nitrogen and oxygen atoms in total. The van der Waals surface area contributed by atoms with Gasteiger partial charge in [-0.15, -0.1) is 0 Å². The molecule has 0 aliphatic heterocycles. The molecule has 1 aromatic carbocycles. The molecule has 0 bridgehead atoms. The fourth-order valence-corrected chi connectivity index (χ4v) is 1.01. The van der Waals surface area contributed by atoms with E-state index in [1.165, 1.54) is 0 Å². The highest BCUT2D eigenvalue weighted by Crippen LogP contribution is 2.02. The maximum absolute atomic E-state index is 10.9. The molecule has 0 amide bonds. The largest absolute Gasteiger partial charge is 0.372 e. The Morgan fingerprint density at radius 1 is 1.38 bits per heavy atom. The molecule has 0 aliphatic rings. The quantitative estimate of drug-likeness (QED) is 0.515. The highest BCUT2D eigenvalue weighted by molar-refractivity contribution is 5.70. The van der Waals surface area contributed by atoms with E-state index in [4.69, 9.17) is 6.42 Å². The second-order valence-corrected chi connectivity index (χ2v) is 2.58. The predicted molar refractivity (Wildman–Crippen MR) is 49.7 cm³/mol. The van der Waals surface area contributed by atoms with E-state index in [1.807, 2.05) is 36.4 Å². The summed E-state index contributed by atoms with van der Waals surface area (Å²) >= 11 is 0. The lowest BCUT2D eigenvalue weighted by Crippen LogP contribution is -2.01. The monoisotopic (exact) mass is 174 g/mol. The first-order valence-corrected chi connectivity index (χ1v) is 4.02. The van der Waals surface area contributed by atoms with Crippen molar-refractivity contribution in [1.29, 1.82) is 0 Å². The molecule has 0 aliphatic carbocycles. The van der Waals surface area contributed by atoms with Crippen molar-refractivity contribution < 1.29 is 9.53 Å². The van der Waals surface area contributed by atoms with E-state index in [2.05, 4.69) is 4.74 Å². The maximum Gasteiger partial charge on any atom is 0.320 e. The van der Waals surface area contributed by atoms with Gasteiger partial charge in [0.1, 0.15) is 6.11 Å². The van der Waals surface area contributed by atoms with E-state index in [0.29, 0.717) is 12.8 Å². The molecule has 1 rings (SSSR count). The van der Waals surface area contributed by atoms with Gasteiger partial charge in [0, 0.05) is 0 Å². The lowest BCUT2D eigenvalue weighted by Gasteiger charge is -1.97. The molecule has 0 heterocycles. The SMILES string of the molecule is C#COC(=O)CCc1ccccc1. The zero-order valence-electron chi connectivity index (χ0n) is 7.19. The first-order chi connectivity index (χ1) is 6.33. The van der Waals surface area contributed by atoms with Gasteiger partial charge in [-0.05, 0) is 12.0 Å². The summed E-state index contributed by atoms with van der Waals surface area (Å²) in [5.41, 5.74) is 1.11. The highest BCUT2D eigenvalue weighted by Gasteiger charge is 2.01. The summed E-state index contributed by atoms with van der Waals surface area (Å²) in [6, 6.07) is 9.72. The van der Waals surface area contributed by atoms with Crippen LogP contribution in [0.5, 0.6) is 0 Å². The number of carbonyl (C=O) groups is 1. The number of terminal acetylenes is 1. The standard InChI is InChI=1S/C11H10O2/c1-2-13-11(12)9-8-10-6-4-3-5-7-10/h1,3-7H,8-9H2. The van der Waals surface area contributed by atoms with Crippen LogP contribution in [0.4, 0.5) is 0 Å². The van der Waals surface area contributed by atoms with Crippen LogP contribution in [0.1, 0.15) is 12.0 Å². The molecule has 0 spiro atoms. The lowest BCUT2D eigenvalue weighted by molar-refractivity contribution is -0.136. The third kappa shape index (κ3) is 3.44. The molecular weight excluding hydrogens is 164 g/mol. The number of hydrogen-bond donors (Lipinski definition) is 0. The summed E-state index contributed by atoms with van der Waals surface area (Å²) < 4.78 is 4.35. The van der Waals surface area contributed by atoms with E-state index in [-0.39, 0.29) is 5.97 Å². The number of aryl methyl sites for hydroxylation is 1. The van der Waals surface area contributed by atoms with Gasteiger partial charge in [0.2, 0.25) is 0 Å². The van der Waals surface area contributed by atoms with Crippen molar-refractivity contribution in [3.05, 3.63) is 35.9 Å². The number of rotatable bonds is 3. The zero-order valence-corrected chi connectivity index (χ0v) is 7.19. The number of benzene rings is 1. The summed E-state index contributed by atoms with van der Waals surface area (Å²) in [6.07, 6.45) is 7.66. The summed E-state index contributed by atoms with van der Waals surface area (Å²) in [5, 5.41) is 0. The molecule has 0 fully saturated rings. The Hall–Kier alpha value is -1.75. The number of carbonyl (C=O) groups excluding carboxylic acids is 1. The minimum Gasteiger partial charge on any atom is -0.372 e. The summed E-state index contributed by atoms with van der Waals surface area (Å²) in [7, 11) is 0. The van der Waals surface area contributed by atoms with Gasteiger partial charge in [0.25, 0.3) is 0 Å². The van der Waals surface area contributed by atoms with Crippen LogP contribution < -0.4 is 0 Å². The van der Waals surface area contributed by atoms with Gasteiger partial charge in [-0.1, -0.05) is 36.8 Å². The Bertz CT molecular complexity index is 309. The Morgan fingerprint density at radius 2 is 2.08 bits per heavy atom. The van der Waals surface area contributed by atoms with Crippen molar-refractivity contribution in [3.63, 3.8) is 0 Å². The van der Waals surface area contributed by atoms with Crippen LogP contribution in [0.25, 0.3) is 0 Å². The Balaban J connectivity index is 2.36. The first-order valence-electron chi connectivity index (χ1n) is 4.02. The fourth-order valence-electron chi connectivity index (χ4n) is 1.01. The van der Waals surface area contributed by atoms with Crippen LogP contribution in [0, 0.1) is 12.5 Å².